The zero-order valence-electron chi connectivity index (χ0n) is 18.6. The van der Waals surface area contributed by atoms with Crippen LogP contribution in [0.5, 0.6) is 5.75 Å². The van der Waals surface area contributed by atoms with Gasteiger partial charge in [-0.25, -0.2) is 4.99 Å². The van der Waals surface area contributed by atoms with Crippen molar-refractivity contribution in [2.45, 2.75) is 19.8 Å². The molecule has 0 unspecified atom stereocenters. The molecule has 0 bridgehead atoms. The molecule has 6 nitrogen and oxygen atoms in total. The van der Waals surface area contributed by atoms with Crippen molar-refractivity contribution in [2.24, 2.45) is 10.7 Å². The summed E-state index contributed by atoms with van der Waals surface area (Å²) in [5.41, 5.74) is 17.7. The second kappa shape index (κ2) is 10.2. The van der Waals surface area contributed by atoms with Gasteiger partial charge in [0.2, 0.25) is 0 Å². The molecule has 3 aromatic carbocycles. The van der Waals surface area contributed by atoms with Gasteiger partial charge in [0.15, 0.2) is 5.96 Å². The van der Waals surface area contributed by atoms with Crippen molar-refractivity contribution in [1.82, 2.24) is 4.90 Å². The number of ether oxygens (including phenoxy) is 1. The maximum Gasteiger partial charge on any atom is 0.198 e. The van der Waals surface area contributed by atoms with Gasteiger partial charge in [0.1, 0.15) is 12.4 Å². The van der Waals surface area contributed by atoms with Crippen LogP contribution in [-0.2, 0) is 0 Å². The highest BCUT2D eigenvalue weighted by atomic mass is 16.5. The molecule has 6 heteroatoms. The van der Waals surface area contributed by atoms with Crippen molar-refractivity contribution in [3.8, 4) is 16.9 Å². The topological polar surface area (TPSA) is 88.9 Å². The van der Waals surface area contributed by atoms with Crippen LogP contribution in [0.4, 0.5) is 17.1 Å². The van der Waals surface area contributed by atoms with Gasteiger partial charge in [-0.15, -0.1) is 0 Å². The Labute approximate surface area is 189 Å². The molecule has 32 heavy (non-hydrogen) atoms. The van der Waals surface area contributed by atoms with Gasteiger partial charge in [-0.2, -0.15) is 0 Å². The molecule has 0 amide bonds. The van der Waals surface area contributed by atoms with Crippen LogP contribution >= 0.6 is 0 Å². The van der Waals surface area contributed by atoms with Crippen LogP contribution in [0.15, 0.2) is 71.7 Å². The van der Waals surface area contributed by atoms with E-state index in [9.17, 15) is 0 Å². The van der Waals surface area contributed by atoms with E-state index < -0.39 is 0 Å². The molecule has 0 aliphatic carbocycles. The van der Waals surface area contributed by atoms with E-state index in [0.717, 1.165) is 34.7 Å². The fourth-order valence-corrected chi connectivity index (χ4v) is 3.99. The highest BCUT2D eigenvalue weighted by molar-refractivity contribution is 5.95. The number of benzene rings is 3. The van der Waals surface area contributed by atoms with Crippen molar-refractivity contribution < 1.29 is 4.74 Å². The lowest BCUT2D eigenvalue weighted by Crippen LogP contribution is -2.25. The van der Waals surface area contributed by atoms with Crippen LogP contribution in [-0.4, -0.2) is 37.1 Å². The maximum absolute atomic E-state index is 6.30. The third-order valence-electron chi connectivity index (χ3n) is 5.67. The van der Waals surface area contributed by atoms with E-state index in [2.05, 4.69) is 33.4 Å². The first-order valence-electron chi connectivity index (χ1n) is 11.1. The highest BCUT2D eigenvalue weighted by Gasteiger charge is 2.11. The van der Waals surface area contributed by atoms with Gasteiger partial charge in [0.25, 0.3) is 0 Å². The standard InChI is InChI=1S/C26H31N5O/c1-19-17-21(20-7-3-2-4-8-20)18-24(27)25(19)30-26(28)29-22-9-11-23(12-10-22)32-16-15-31-13-5-6-14-31/h2-4,7-12,17-18H,5-6,13-16,27H2,1H3,(H3,28,29,30). The van der Waals surface area contributed by atoms with E-state index in [1.165, 1.54) is 25.9 Å². The number of hydrogen-bond acceptors (Lipinski definition) is 4. The van der Waals surface area contributed by atoms with Crippen LogP contribution in [0.1, 0.15) is 18.4 Å². The summed E-state index contributed by atoms with van der Waals surface area (Å²) in [7, 11) is 0. The lowest BCUT2D eigenvalue weighted by molar-refractivity contribution is 0.238. The molecule has 0 radical (unpaired) electrons. The molecule has 1 aliphatic rings. The molecular formula is C26H31N5O. The second-order valence-electron chi connectivity index (χ2n) is 8.14. The SMILES string of the molecule is Cc1cc(-c2ccccc2)cc(N)c1N=C(N)Nc1ccc(OCCN2CCCC2)cc1. The number of anilines is 2. The number of nitrogens with zero attached hydrogens (tertiary/aromatic N) is 2. The molecule has 0 saturated carbocycles. The van der Waals surface area contributed by atoms with E-state index in [1.807, 2.05) is 55.5 Å². The predicted molar refractivity (Wildman–Crippen MR) is 134 cm³/mol. The Balaban J connectivity index is 1.37. The van der Waals surface area contributed by atoms with Crippen molar-refractivity contribution in [1.29, 1.82) is 0 Å². The number of rotatable bonds is 7. The normalized spacial score (nSPS) is 14.5. The molecule has 0 aromatic heterocycles. The number of nitrogens with one attached hydrogen (secondary N) is 1. The monoisotopic (exact) mass is 429 g/mol. The van der Waals surface area contributed by atoms with E-state index >= 15 is 0 Å². The minimum atomic E-state index is 0.287. The molecule has 0 atom stereocenters. The van der Waals surface area contributed by atoms with E-state index in [1.54, 1.807) is 0 Å². The lowest BCUT2D eigenvalue weighted by atomic mass is 10.0. The van der Waals surface area contributed by atoms with Gasteiger partial charge in [0, 0.05) is 12.2 Å². The average Bonchev–Trinajstić information content (AvgIpc) is 3.31. The van der Waals surface area contributed by atoms with E-state index in [0.29, 0.717) is 18.0 Å². The maximum atomic E-state index is 6.30. The Morgan fingerprint density at radius 1 is 1.00 bits per heavy atom. The zero-order chi connectivity index (χ0) is 22.3. The number of nitrogens with two attached hydrogens (primary N) is 2. The van der Waals surface area contributed by atoms with Gasteiger partial charge in [-0.3, -0.25) is 4.90 Å². The third kappa shape index (κ3) is 5.59. The first kappa shape index (κ1) is 21.7. The average molecular weight is 430 g/mol. The Morgan fingerprint density at radius 3 is 2.41 bits per heavy atom. The van der Waals surface area contributed by atoms with Crippen molar-refractivity contribution in [3.05, 3.63) is 72.3 Å². The molecule has 4 rings (SSSR count). The number of nitrogen functional groups attached to an aromatic ring is 1. The largest absolute Gasteiger partial charge is 0.492 e. The summed E-state index contributed by atoms with van der Waals surface area (Å²) in [6, 6.07) is 21.9. The van der Waals surface area contributed by atoms with Gasteiger partial charge in [-0.1, -0.05) is 30.3 Å². The number of likely N-dealkylation sites (tertiary alicyclic amines) is 1. The van der Waals surface area contributed by atoms with Gasteiger partial charge >= 0.3 is 0 Å². The number of hydrogen-bond donors (Lipinski definition) is 3. The molecule has 1 saturated heterocycles. The van der Waals surface area contributed by atoms with E-state index in [-0.39, 0.29) is 5.96 Å². The number of aliphatic imine (C=N–C) groups is 1. The van der Waals surface area contributed by atoms with Gasteiger partial charge < -0.3 is 21.5 Å². The molecular weight excluding hydrogens is 398 g/mol. The van der Waals surface area contributed by atoms with Crippen molar-refractivity contribution in [3.63, 3.8) is 0 Å². The zero-order valence-corrected chi connectivity index (χ0v) is 18.6. The first-order chi connectivity index (χ1) is 15.6. The van der Waals surface area contributed by atoms with Gasteiger partial charge in [0.05, 0.1) is 11.4 Å². The third-order valence-corrected chi connectivity index (χ3v) is 5.67. The number of aryl methyl sites for hydroxylation is 1. The van der Waals surface area contributed by atoms with Crippen LogP contribution in [0.2, 0.25) is 0 Å². The molecule has 1 heterocycles. The summed E-state index contributed by atoms with van der Waals surface area (Å²) < 4.78 is 5.86. The molecule has 5 N–H and O–H groups in total. The van der Waals surface area contributed by atoms with Crippen LogP contribution in [0, 0.1) is 6.92 Å². The molecule has 1 fully saturated rings. The van der Waals surface area contributed by atoms with Crippen LogP contribution in [0.3, 0.4) is 0 Å². The van der Waals surface area contributed by atoms with Crippen molar-refractivity contribution >= 4 is 23.0 Å². The van der Waals surface area contributed by atoms with Crippen LogP contribution < -0.4 is 21.5 Å². The molecule has 3 aromatic rings. The Kier molecular flexibility index (Phi) is 6.92. The fourth-order valence-electron chi connectivity index (χ4n) is 3.99. The fraction of sp³-hybridized carbons (Fsp3) is 0.269. The minimum Gasteiger partial charge on any atom is -0.492 e. The molecule has 0 spiro atoms. The minimum absolute atomic E-state index is 0.287. The molecule has 1 aliphatic heterocycles. The summed E-state index contributed by atoms with van der Waals surface area (Å²) in [5.74, 6) is 1.14. The van der Waals surface area contributed by atoms with E-state index in [4.69, 9.17) is 16.2 Å². The lowest BCUT2D eigenvalue weighted by Gasteiger charge is -2.15. The van der Waals surface area contributed by atoms with Crippen LogP contribution in [0.25, 0.3) is 11.1 Å². The summed E-state index contributed by atoms with van der Waals surface area (Å²) >= 11 is 0. The summed E-state index contributed by atoms with van der Waals surface area (Å²) in [4.78, 5) is 6.96. The Morgan fingerprint density at radius 2 is 1.72 bits per heavy atom. The Hall–Kier alpha value is -3.51. The van der Waals surface area contributed by atoms with Crippen molar-refractivity contribution in [2.75, 3.05) is 37.3 Å². The predicted octanol–water partition coefficient (Wildman–Crippen LogP) is 4.78. The smallest absolute Gasteiger partial charge is 0.198 e. The second-order valence-corrected chi connectivity index (χ2v) is 8.14. The summed E-state index contributed by atoms with van der Waals surface area (Å²) in [6.07, 6.45) is 2.59. The van der Waals surface area contributed by atoms with Gasteiger partial charge in [-0.05, 0) is 85.9 Å². The Bertz CT molecular complexity index is 1030. The highest BCUT2D eigenvalue weighted by Crippen LogP contribution is 2.32. The number of guanidine groups is 1. The summed E-state index contributed by atoms with van der Waals surface area (Å²) in [6.45, 7) is 6.04. The quantitative estimate of drug-likeness (QED) is 0.286. The first-order valence-corrected chi connectivity index (χ1v) is 11.1. The molecule has 166 valence electrons. The summed E-state index contributed by atoms with van der Waals surface area (Å²) in [5, 5.41) is 3.13.